The molecule has 108 valence electrons. The van der Waals surface area contributed by atoms with Crippen LogP contribution in [0.1, 0.15) is 45.4 Å². The Kier molecular flexibility index (Phi) is 4.29. The quantitative estimate of drug-likeness (QED) is 0.678. The molecule has 2 aliphatic carbocycles. The van der Waals surface area contributed by atoms with Crippen molar-refractivity contribution in [3.05, 3.63) is 0 Å². The zero-order valence-electron chi connectivity index (χ0n) is 11.3. The molecule has 2 amide bonds. The average Bonchev–Trinajstić information content (AvgIpc) is 2.22. The average molecular weight is 270 g/mol. The van der Waals surface area contributed by atoms with E-state index >= 15 is 0 Å². The van der Waals surface area contributed by atoms with Gasteiger partial charge in [-0.3, -0.25) is 4.79 Å². The summed E-state index contributed by atoms with van der Waals surface area (Å²) in [5, 5.41) is 14.6. The predicted molar refractivity (Wildman–Crippen MR) is 68.9 cm³/mol. The minimum atomic E-state index is -0.861. The van der Waals surface area contributed by atoms with Crippen LogP contribution in [0.4, 0.5) is 4.79 Å². The molecule has 0 radical (unpaired) electrons. The molecule has 2 aliphatic rings. The van der Waals surface area contributed by atoms with Gasteiger partial charge in [0.1, 0.15) is 0 Å². The van der Waals surface area contributed by atoms with Gasteiger partial charge in [0, 0.05) is 12.6 Å². The lowest BCUT2D eigenvalue weighted by Gasteiger charge is -2.42. The first-order chi connectivity index (χ1) is 9.03. The number of hydrogen-bond donors (Lipinski definition) is 3. The van der Waals surface area contributed by atoms with E-state index in [9.17, 15) is 9.59 Å². The monoisotopic (exact) mass is 270 g/mol. The van der Waals surface area contributed by atoms with E-state index in [-0.39, 0.29) is 24.6 Å². The van der Waals surface area contributed by atoms with Crippen molar-refractivity contribution < 1.29 is 19.4 Å². The summed E-state index contributed by atoms with van der Waals surface area (Å²) in [5.41, 5.74) is -0.529. The largest absolute Gasteiger partial charge is 0.481 e. The molecule has 0 aromatic rings. The Morgan fingerprint density at radius 2 is 2.05 bits per heavy atom. The van der Waals surface area contributed by atoms with Crippen LogP contribution in [0.5, 0.6) is 0 Å². The second-order valence-electron chi connectivity index (χ2n) is 5.55. The summed E-state index contributed by atoms with van der Waals surface area (Å²) in [6, 6.07) is -0.0978. The number of urea groups is 1. The molecule has 3 N–H and O–H groups in total. The van der Waals surface area contributed by atoms with Crippen LogP contribution in [0, 0.1) is 0 Å². The lowest BCUT2D eigenvalue weighted by molar-refractivity contribution is -0.139. The predicted octanol–water partition coefficient (Wildman–Crippen LogP) is 1.25. The summed E-state index contributed by atoms with van der Waals surface area (Å²) < 4.78 is 5.43. The van der Waals surface area contributed by atoms with Gasteiger partial charge in [-0.2, -0.15) is 0 Å². The van der Waals surface area contributed by atoms with Gasteiger partial charge in [0.05, 0.1) is 18.1 Å². The van der Waals surface area contributed by atoms with Crippen molar-refractivity contribution in [1.82, 2.24) is 10.6 Å². The van der Waals surface area contributed by atoms with Gasteiger partial charge in [-0.1, -0.05) is 0 Å². The summed E-state index contributed by atoms with van der Waals surface area (Å²) in [7, 11) is 0. The van der Waals surface area contributed by atoms with Crippen LogP contribution in [-0.4, -0.2) is 41.4 Å². The van der Waals surface area contributed by atoms with Crippen LogP contribution in [-0.2, 0) is 9.53 Å². The van der Waals surface area contributed by atoms with Crippen molar-refractivity contribution in [2.75, 3.05) is 6.61 Å². The third-order valence-corrected chi connectivity index (χ3v) is 4.01. The number of aliphatic carboxylic acids is 1. The van der Waals surface area contributed by atoms with E-state index in [2.05, 4.69) is 10.6 Å². The van der Waals surface area contributed by atoms with Crippen LogP contribution in [0.3, 0.4) is 0 Å². The van der Waals surface area contributed by atoms with Gasteiger partial charge in [0.15, 0.2) is 0 Å². The molecule has 0 aromatic carbocycles. The van der Waals surface area contributed by atoms with E-state index in [1.54, 1.807) is 0 Å². The van der Waals surface area contributed by atoms with Crippen molar-refractivity contribution >= 4 is 12.0 Å². The van der Waals surface area contributed by atoms with Gasteiger partial charge in [-0.05, 0) is 39.0 Å². The van der Waals surface area contributed by atoms with Crippen molar-refractivity contribution in [1.29, 1.82) is 0 Å². The maximum atomic E-state index is 11.8. The topological polar surface area (TPSA) is 87.7 Å². The normalized spacial score (nSPS) is 27.8. The molecule has 0 unspecified atom stereocenters. The zero-order valence-corrected chi connectivity index (χ0v) is 11.3. The number of hydrogen-bond acceptors (Lipinski definition) is 3. The summed E-state index contributed by atoms with van der Waals surface area (Å²) >= 11 is 0. The van der Waals surface area contributed by atoms with Gasteiger partial charge in [-0.25, -0.2) is 4.79 Å². The molecule has 6 heteroatoms. The van der Waals surface area contributed by atoms with Crippen LogP contribution >= 0.6 is 0 Å². The smallest absolute Gasteiger partial charge is 0.315 e. The number of carboxylic acids is 1. The molecule has 6 nitrogen and oxygen atoms in total. The molecular weight excluding hydrogens is 248 g/mol. The Morgan fingerprint density at radius 3 is 2.53 bits per heavy atom. The summed E-state index contributed by atoms with van der Waals surface area (Å²) in [6.07, 6.45) is 4.42. The summed E-state index contributed by atoms with van der Waals surface area (Å²) in [4.78, 5) is 22.7. The van der Waals surface area contributed by atoms with Crippen molar-refractivity contribution in [2.45, 2.75) is 63.1 Å². The zero-order chi connectivity index (χ0) is 13.9. The van der Waals surface area contributed by atoms with Crippen LogP contribution in [0.15, 0.2) is 0 Å². The maximum Gasteiger partial charge on any atom is 0.315 e. The lowest BCUT2D eigenvalue weighted by atomic mass is 9.74. The molecule has 0 spiro atoms. The minimum absolute atomic E-state index is 0.00660. The molecule has 2 fully saturated rings. The second kappa shape index (κ2) is 5.77. The SMILES string of the molecule is CCOC1CC(NC(=O)NC2(CC(=O)O)CCC2)C1. The fourth-order valence-electron chi connectivity index (χ4n) is 2.76. The van der Waals surface area contributed by atoms with Gasteiger partial charge in [-0.15, -0.1) is 0 Å². The van der Waals surface area contributed by atoms with Gasteiger partial charge >= 0.3 is 12.0 Å². The van der Waals surface area contributed by atoms with Crippen LogP contribution < -0.4 is 10.6 Å². The first-order valence-electron chi connectivity index (χ1n) is 6.95. The van der Waals surface area contributed by atoms with E-state index < -0.39 is 11.5 Å². The highest BCUT2D eigenvalue weighted by Crippen LogP contribution is 2.35. The summed E-state index contributed by atoms with van der Waals surface area (Å²) in [5.74, 6) is -0.861. The number of rotatable bonds is 6. The highest BCUT2D eigenvalue weighted by molar-refractivity contribution is 5.77. The highest BCUT2D eigenvalue weighted by atomic mass is 16.5. The summed E-state index contributed by atoms with van der Waals surface area (Å²) in [6.45, 7) is 2.66. The molecular formula is C13H22N2O4. The van der Waals surface area contributed by atoms with E-state index in [1.807, 2.05) is 6.92 Å². The van der Waals surface area contributed by atoms with E-state index in [0.29, 0.717) is 6.61 Å². The van der Waals surface area contributed by atoms with Crippen molar-refractivity contribution in [3.8, 4) is 0 Å². The number of amides is 2. The Bertz CT molecular complexity index is 349. The Balaban J connectivity index is 1.71. The number of nitrogens with one attached hydrogen (secondary N) is 2. The maximum absolute atomic E-state index is 11.8. The Morgan fingerprint density at radius 1 is 1.37 bits per heavy atom. The second-order valence-corrected chi connectivity index (χ2v) is 5.55. The third-order valence-electron chi connectivity index (χ3n) is 4.01. The Hall–Kier alpha value is -1.30. The molecule has 0 bridgehead atoms. The molecule has 2 saturated carbocycles. The Labute approximate surface area is 112 Å². The standard InChI is InChI=1S/C13H22N2O4/c1-2-19-10-6-9(7-10)14-12(18)15-13(4-3-5-13)8-11(16)17/h9-10H,2-8H2,1H3,(H,16,17)(H2,14,15,18). The van der Waals surface area contributed by atoms with E-state index in [0.717, 1.165) is 32.1 Å². The number of carbonyl (C=O) groups is 2. The van der Waals surface area contributed by atoms with Crippen molar-refractivity contribution in [2.24, 2.45) is 0 Å². The number of carbonyl (C=O) groups excluding carboxylic acids is 1. The first kappa shape index (κ1) is 14.1. The molecule has 19 heavy (non-hydrogen) atoms. The first-order valence-corrected chi connectivity index (χ1v) is 6.95. The highest BCUT2D eigenvalue weighted by Gasteiger charge is 2.41. The molecule has 0 aliphatic heterocycles. The van der Waals surface area contributed by atoms with E-state index in [4.69, 9.17) is 9.84 Å². The lowest BCUT2D eigenvalue weighted by Crippen LogP contribution is -2.60. The fourth-order valence-corrected chi connectivity index (χ4v) is 2.76. The fraction of sp³-hybridized carbons (Fsp3) is 0.846. The van der Waals surface area contributed by atoms with Gasteiger partial charge < -0.3 is 20.5 Å². The van der Waals surface area contributed by atoms with E-state index in [1.165, 1.54) is 0 Å². The van der Waals surface area contributed by atoms with Crippen LogP contribution in [0.2, 0.25) is 0 Å². The van der Waals surface area contributed by atoms with Crippen molar-refractivity contribution in [3.63, 3.8) is 0 Å². The van der Waals surface area contributed by atoms with Gasteiger partial charge in [0.2, 0.25) is 0 Å². The molecule has 2 rings (SSSR count). The number of carboxylic acid groups (broad SMARTS) is 1. The molecule has 0 aromatic heterocycles. The molecule has 0 saturated heterocycles. The molecule has 0 atom stereocenters. The minimum Gasteiger partial charge on any atom is -0.481 e. The number of ether oxygens (including phenoxy) is 1. The van der Waals surface area contributed by atoms with Crippen LogP contribution in [0.25, 0.3) is 0 Å². The third kappa shape index (κ3) is 3.59. The van der Waals surface area contributed by atoms with Gasteiger partial charge in [0.25, 0.3) is 0 Å². The molecule has 0 heterocycles.